The third kappa shape index (κ3) is 3.21. The monoisotopic (exact) mass is 368 g/mol. The van der Waals surface area contributed by atoms with Crippen LogP contribution in [-0.4, -0.2) is 6.29 Å². The average Bonchev–Trinajstić information content (AvgIpc) is 2.39. The van der Waals surface area contributed by atoms with E-state index in [1.165, 1.54) is 0 Å². The van der Waals surface area contributed by atoms with E-state index in [0.29, 0.717) is 17.9 Å². The number of carbonyl (C=O) groups excluding carboxylic acids is 1. The minimum atomic E-state index is 0.421. The van der Waals surface area contributed by atoms with Gasteiger partial charge in [-0.1, -0.05) is 50.1 Å². The molecule has 2 nitrogen and oxygen atoms in total. The first-order valence-electron chi connectivity index (χ1n) is 5.31. The smallest absolute Gasteiger partial charge is 0.153 e. The minimum Gasteiger partial charge on any atom is -0.488 e. The summed E-state index contributed by atoms with van der Waals surface area (Å²) in [6, 6.07) is 13.2. The van der Waals surface area contributed by atoms with Crippen LogP contribution in [0.25, 0.3) is 0 Å². The van der Waals surface area contributed by atoms with Gasteiger partial charge in [-0.2, -0.15) is 0 Å². The van der Waals surface area contributed by atoms with Crippen molar-refractivity contribution < 1.29 is 9.53 Å². The van der Waals surface area contributed by atoms with E-state index in [4.69, 9.17) is 4.74 Å². The molecule has 0 aromatic heterocycles. The van der Waals surface area contributed by atoms with Crippen LogP contribution < -0.4 is 4.74 Å². The van der Waals surface area contributed by atoms with Gasteiger partial charge in [0, 0.05) is 14.5 Å². The average molecular weight is 370 g/mol. The number of halogens is 2. The number of hydrogen-bond donors (Lipinski definition) is 0. The van der Waals surface area contributed by atoms with Gasteiger partial charge in [-0.25, -0.2) is 0 Å². The lowest BCUT2D eigenvalue weighted by Crippen LogP contribution is -1.99. The van der Waals surface area contributed by atoms with E-state index in [-0.39, 0.29) is 0 Å². The van der Waals surface area contributed by atoms with E-state index in [0.717, 1.165) is 20.8 Å². The maximum Gasteiger partial charge on any atom is 0.153 e. The van der Waals surface area contributed by atoms with Crippen molar-refractivity contribution in [3.8, 4) is 5.75 Å². The molecule has 18 heavy (non-hydrogen) atoms. The summed E-state index contributed by atoms with van der Waals surface area (Å²) >= 11 is 6.78. The van der Waals surface area contributed by atoms with Gasteiger partial charge in [0.05, 0.1) is 5.56 Å². The first-order valence-corrected chi connectivity index (χ1v) is 6.90. The predicted octanol–water partition coefficient (Wildman–Crippen LogP) is 4.60. The van der Waals surface area contributed by atoms with Gasteiger partial charge < -0.3 is 4.74 Å². The predicted molar refractivity (Wildman–Crippen MR) is 78.0 cm³/mol. The normalized spacial score (nSPS) is 10.1. The molecular weight excluding hydrogens is 360 g/mol. The van der Waals surface area contributed by atoms with Crippen LogP contribution in [0.3, 0.4) is 0 Å². The Bertz CT molecular complexity index is 567. The molecule has 0 saturated carbocycles. The molecular formula is C14H10Br2O2. The number of aldehydes is 1. The van der Waals surface area contributed by atoms with E-state index >= 15 is 0 Å². The molecule has 2 aromatic carbocycles. The molecule has 0 atom stereocenters. The molecule has 0 aliphatic carbocycles. The molecule has 92 valence electrons. The van der Waals surface area contributed by atoms with Gasteiger partial charge in [0.2, 0.25) is 0 Å². The van der Waals surface area contributed by atoms with Crippen LogP contribution in [0.15, 0.2) is 51.4 Å². The highest BCUT2D eigenvalue weighted by atomic mass is 79.9. The van der Waals surface area contributed by atoms with Crippen molar-refractivity contribution in [2.75, 3.05) is 0 Å². The number of carbonyl (C=O) groups is 1. The van der Waals surface area contributed by atoms with Crippen LogP contribution in [0.1, 0.15) is 15.9 Å². The highest BCUT2D eigenvalue weighted by Crippen LogP contribution is 2.24. The summed E-state index contributed by atoms with van der Waals surface area (Å²) < 4.78 is 7.52. The molecule has 0 radical (unpaired) electrons. The van der Waals surface area contributed by atoms with E-state index in [1.807, 2.05) is 30.3 Å². The standard InChI is InChI=1S/C14H10Br2O2/c15-12-5-6-14(11(7-12)8-17)18-9-10-3-1-2-4-13(10)16/h1-8H,9H2. The van der Waals surface area contributed by atoms with Gasteiger partial charge in [-0.3, -0.25) is 4.79 Å². The zero-order valence-corrected chi connectivity index (χ0v) is 12.6. The van der Waals surface area contributed by atoms with Crippen molar-refractivity contribution in [3.05, 3.63) is 62.5 Å². The fourth-order valence-electron chi connectivity index (χ4n) is 1.51. The molecule has 0 spiro atoms. The number of ether oxygens (including phenoxy) is 1. The number of benzene rings is 2. The first kappa shape index (κ1) is 13.3. The fraction of sp³-hybridized carbons (Fsp3) is 0.0714. The quantitative estimate of drug-likeness (QED) is 0.736. The number of rotatable bonds is 4. The van der Waals surface area contributed by atoms with Crippen molar-refractivity contribution in [1.29, 1.82) is 0 Å². The Balaban J connectivity index is 2.16. The SMILES string of the molecule is O=Cc1cc(Br)ccc1OCc1ccccc1Br. The molecule has 0 N–H and O–H groups in total. The zero-order valence-electron chi connectivity index (χ0n) is 9.40. The van der Waals surface area contributed by atoms with Gasteiger partial charge >= 0.3 is 0 Å². The first-order chi connectivity index (χ1) is 8.70. The molecule has 0 saturated heterocycles. The summed E-state index contributed by atoms with van der Waals surface area (Å²) in [6.45, 7) is 0.421. The second-order valence-corrected chi connectivity index (χ2v) is 5.45. The number of hydrogen-bond acceptors (Lipinski definition) is 2. The lowest BCUT2D eigenvalue weighted by atomic mass is 10.2. The molecule has 0 aliphatic rings. The molecule has 0 fully saturated rings. The van der Waals surface area contributed by atoms with Gasteiger partial charge in [0.1, 0.15) is 12.4 Å². The summed E-state index contributed by atoms with van der Waals surface area (Å²) in [6.07, 6.45) is 0.792. The van der Waals surface area contributed by atoms with E-state index < -0.39 is 0 Å². The Morgan fingerprint density at radius 3 is 2.61 bits per heavy atom. The van der Waals surface area contributed by atoms with Crippen molar-refractivity contribution in [2.45, 2.75) is 6.61 Å². The zero-order chi connectivity index (χ0) is 13.0. The van der Waals surface area contributed by atoms with Crippen molar-refractivity contribution in [3.63, 3.8) is 0 Å². The largest absolute Gasteiger partial charge is 0.488 e. The van der Waals surface area contributed by atoms with E-state index in [2.05, 4.69) is 31.9 Å². The van der Waals surface area contributed by atoms with Gasteiger partial charge in [-0.15, -0.1) is 0 Å². The summed E-state index contributed by atoms with van der Waals surface area (Å²) in [5, 5.41) is 0. The van der Waals surface area contributed by atoms with Crippen LogP contribution in [0, 0.1) is 0 Å². The Hall–Kier alpha value is -1.13. The summed E-state index contributed by atoms with van der Waals surface area (Å²) in [4.78, 5) is 10.9. The highest BCUT2D eigenvalue weighted by molar-refractivity contribution is 9.10. The van der Waals surface area contributed by atoms with E-state index in [9.17, 15) is 4.79 Å². The summed E-state index contributed by atoms with van der Waals surface area (Å²) in [7, 11) is 0. The van der Waals surface area contributed by atoms with Crippen LogP contribution in [-0.2, 0) is 6.61 Å². The lowest BCUT2D eigenvalue weighted by Gasteiger charge is -2.09. The van der Waals surface area contributed by atoms with Crippen molar-refractivity contribution >= 4 is 38.1 Å². The Kier molecular flexibility index (Phi) is 4.55. The Morgan fingerprint density at radius 2 is 1.89 bits per heavy atom. The summed E-state index contributed by atoms with van der Waals surface area (Å²) in [5.74, 6) is 0.587. The highest BCUT2D eigenvalue weighted by Gasteiger charge is 2.05. The van der Waals surface area contributed by atoms with Crippen LogP contribution >= 0.6 is 31.9 Å². The Labute approximate surface area is 122 Å². The van der Waals surface area contributed by atoms with Crippen molar-refractivity contribution in [1.82, 2.24) is 0 Å². The topological polar surface area (TPSA) is 26.3 Å². The maximum absolute atomic E-state index is 10.9. The second kappa shape index (κ2) is 6.16. The third-order valence-electron chi connectivity index (χ3n) is 2.44. The molecule has 0 aliphatic heterocycles. The molecule has 0 bridgehead atoms. The van der Waals surface area contributed by atoms with E-state index in [1.54, 1.807) is 12.1 Å². The fourth-order valence-corrected chi connectivity index (χ4v) is 2.29. The lowest BCUT2D eigenvalue weighted by molar-refractivity contribution is 0.111. The molecule has 0 unspecified atom stereocenters. The van der Waals surface area contributed by atoms with Gasteiger partial charge in [0.15, 0.2) is 6.29 Å². The third-order valence-corrected chi connectivity index (χ3v) is 3.71. The molecule has 4 heteroatoms. The van der Waals surface area contributed by atoms with Crippen LogP contribution in [0.4, 0.5) is 0 Å². The summed E-state index contributed by atoms with van der Waals surface area (Å²) in [5.41, 5.74) is 1.58. The molecule has 0 amide bonds. The molecule has 0 heterocycles. The van der Waals surface area contributed by atoms with Crippen molar-refractivity contribution in [2.24, 2.45) is 0 Å². The second-order valence-electron chi connectivity index (χ2n) is 3.68. The van der Waals surface area contributed by atoms with Crippen LogP contribution in [0.5, 0.6) is 5.75 Å². The minimum absolute atomic E-state index is 0.421. The maximum atomic E-state index is 10.9. The van der Waals surface area contributed by atoms with Gasteiger partial charge in [-0.05, 0) is 24.3 Å². The molecule has 2 rings (SSSR count). The Morgan fingerprint density at radius 1 is 1.11 bits per heavy atom. The molecule has 2 aromatic rings. The van der Waals surface area contributed by atoms with Crippen LogP contribution in [0.2, 0.25) is 0 Å². The van der Waals surface area contributed by atoms with Gasteiger partial charge in [0.25, 0.3) is 0 Å².